The Bertz CT molecular complexity index is 532. The fraction of sp³-hybridized carbons (Fsp3) is 0.500. The summed E-state index contributed by atoms with van der Waals surface area (Å²) in [7, 11) is 1.94. The van der Waals surface area contributed by atoms with Crippen LogP contribution in [0.5, 0.6) is 0 Å². The summed E-state index contributed by atoms with van der Waals surface area (Å²) < 4.78 is 7.27. The zero-order valence-corrected chi connectivity index (χ0v) is 10.5. The molecule has 1 saturated heterocycles. The Labute approximate surface area is 106 Å². The Morgan fingerprint density at radius 3 is 3.00 bits per heavy atom. The maximum absolute atomic E-state index is 5.38. The molecular formula is C12H17N5O. The summed E-state index contributed by atoms with van der Waals surface area (Å²) >= 11 is 0. The molecule has 1 N–H and O–H groups in total. The second-order valence-corrected chi connectivity index (χ2v) is 4.39. The quantitative estimate of drug-likeness (QED) is 0.844. The third-order valence-electron chi connectivity index (χ3n) is 3.13. The molecule has 3 heterocycles. The van der Waals surface area contributed by atoms with Crippen LogP contribution >= 0.6 is 0 Å². The van der Waals surface area contributed by atoms with Crippen molar-refractivity contribution in [2.45, 2.75) is 6.54 Å². The highest BCUT2D eigenvalue weighted by Gasteiger charge is 2.16. The van der Waals surface area contributed by atoms with Gasteiger partial charge in [-0.1, -0.05) is 0 Å². The van der Waals surface area contributed by atoms with E-state index in [1.807, 2.05) is 17.8 Å². The molecule has 0 aliphatic carbocycles. The number of hydrogen-bond donors (Lipinski definition) is 1. The maximum atomic E-state index is 5.38. The lowest BCUT2D eigenvalue weighted by molar-refractivity contribution is 0.122. The number of hydrogen-bond acceptors (Lipinski definition) is 5. The molecular weight excluding hydrogens is 230 g/mol. The van der Waals surface area contributed by atoms with Crippen molar-refractivity contribution in [3.63, 3.8) is 0 Å². The standard InChI is InChI=1S/C12H17N5O/c1-13-7-10-6-11-12(14-9-15-17(11)8-10)16-2-4-18-5-3-16/h6,8-9,13H,2-5,7H2,1H3. The largest absolute Gasteiger partial charge is 0.378 e. The van der Waals surface area contributed by atoms with Gasteiger partial charge in [0.15, 0.2) is 5.82 Å². The number of nitrogens with zero attached hydrogens (tertiary/aromatic N) is 4. The molecule has 0 bridgehead atoms. The number of anilines is 1. The number of morpholine rings is 1. The molecule has 0 saturated carbocycles. The molecule has 0 radical (unpaired) electrons. The van der Waals surface area contributed by atoms with Crippen LogP contribution in [0.1, 0.15) is 5.56 Å². The molecule has 2 aromatic heterocycles. The summed E-state index contributed by atoms with van der Waals surface area (Å²) in [5, 5.41) is 7.41. The summed E-state index contributed by atoms with van der Waals surface area (Å²) in [6.07, 6.45) is 3.65. The summed E-state index contributed by atoms with van der Waals surface area (Å²) in [4.78, 5) is 6.68. The topological polar surface area (TPSA) is 54.7 Å². The Morgan fingerprint density at radius 2 is 2.22 bits per heavy atom. The van der Waals surface area contributed by atoms with Crippen molar-refractivity contribution >= 4 is 11.3 Å². The van der Waals surface area contributed by atoms with E-state index in [-0.39, 0.29) is 0 Å². The van der Waals surface area contributed by atoms with Gasteiger partial charge in [-0.15, -0.1) is 0 Å². The van der Waals surface area contributed by atoms with Gasteiger partial charge in [-0.05, 0) is 18.7 Å². The fourth-order valence-corrected chi connectivity index (χ4v) is 2.29. The van der Waals surface area contributed by atoms with E-state index in [1.165, 1.54) is 5.56 Å². The number of ether oxygens (including phenoxy) is 1. The molecule has 0 atom stereocenters. The van der Waals surface area contributed by atoms with Crippen molar-refractivity contribution < 1.29 is 4.74 Å². The molecule has 96 valence electrons. The molecule has 3 rings (SSSR count). The summed E-state index contributed by atoms with van der Waals surface area (Å²) in [5.74, 6) is 0.996. The van der Waals surface area contributed by atoms with Gasteiger partial charge in [0, 0.05) is 25.8 Å². The predicted molar refractivity (Wildman–Crippen MR) is 68.8 cm³/mol. The Morgan fingerprint density at radius 1 is 1.39 bits per heavy atom. The van der Waals surface area contributed by atoms with E-state index in [9.17, 15) is 0 Å². The second-order valence-electron chi connectivity index (χ2n) is 4.39. The van der Waals surface area contributed by atoms with Crippen molar-refractivity contribution in [1.82, 2.24) is 19.9 Å². The molecule has 18 heavy (non-hydrogen) atoms. The van der Waals surface area contributed by atoms with Crippen LogP contribution in [0.2, 0.25) is 0 Å². The lowest BCUT2D eigenvalue weighted by Gasteiger charge is -2.27. The summed E-state index contributed by atoms with van der Waals surface area (Å²) in [5.41, 5.74) is 2.28. The molecule has 0 aromatic carbocycles. The monoisotopic (exact) mass is 247 g/mol. The van der Waals surface area contributed by atoms with Crippen molar-refractivity contribution in [3.8, 4) is 0 Å². The lowest BCUT2D eigenvalue weighted by Crippen LogP contribution is -2.37. The zero-order valence-electron chi connectivity index (χ0n) is 10.5. The van der Waals surface area contributed by atoms with Crippen LogP contribution in [-0.4, -0.2) is 47.9 Å². The SMILES string of the molecule is CNCc1cc2c(N3CCOCC3)ncnn2c1. The first-order valence-electron chi connectivity index (χ1n) is 6.18. The Hall–Kier alpha value is -1.66. The van der Waals surface area contributed by atoms with Crippen molar-refractivity contribution in [2.24, 2.45) is 0 Å². The predicted octanol–water partition coefficient (Wildman–Crippen LogP) is 0.285. The van der Waals surface area contributed by atoms with Gasteiger partial charge in [0.25, 0.3) is 0 Å². The van der Waals surface area contributed by atoms with E-state index in [0.717, 1.165) is 44.2 Å². The lowest BCUT2D eigenvalue weighted by atomic mass is 10.3. The fourth-order valence-electron chi connectivity index (χ4n) is 2.29. The first-order chi connectivity index (χ1) is 8.88. The normalized spacial score (nSPS) is 16.4. The van der Waals surface area contributed by atoms with E-state index in [1.54, 1.807) is 6.33 Å². The van der Waals surface area contributed by atoms with Crippen molar-refractivity contribution in [1.29, 1.82) is 0 Å². The van der Waals surface area contributed by atoms with E-state index in [0.29, 0.717) is 0 Å². The van der Waals surface area contributed by atoms with Gasteiger partial charge in [0.1, 0.15) is 11.8 Å². The van der Waals surface area contributed by atoms with E-state index in [2.05, 4.69) is 26.4 Å². The van der Waals surface area contributed by atoms with E-state index in [4.69, 9.17) is 4.74 Å². The van der Waals surface area contributed by atoms with Gasteiger partial charge in [0.05, 0.1) is 13.2 Å². The van der Waals surface area contributed by atoms with Crippen LogP contribution < -0.4 is 10.2 Å². The van der Waals surface area contributed by atoms with E-state index < -0.39 is 0 Å². The third-order valence-corrected chi connectivity index (χ3v) is 3.13. The number of nitrogens with one attached hydrogen (secondary N) is 1. The van der Waals surface area contributed by atoms with Gasteiger partial charge in [-0.3, -0.25) is 0 Å². The molecule has 1 fully saturated rings. The number of fused-ring (bicyclic) bond motifs is 1. The minimum absolute atomic E-state index is 0.764. The van der Waals surface area contributed by atoms with Crippen molar-refractivity contribution in [3.05, 3.63) is 24.2 Å². The van der Waals surface area contributed by atoms with Gasteiger partial charge < -0.3 is 15.0 Å². The highest BCUT2D eigenvalue weighted by Crippen LogP contribution is 2.21. The summed E-state index contributed by atoms with van der Waals surface area (Å²) in [6, 6.07) is 2.14. The molecule has 1 aliphatic rings. The minimum atomic E-state index is 0.764. The van der Waals surface area contributed by atoms with Gasteiger partial charge >= 0.3 is 0 Å². The first kappa shape index (κ1) is 11.4. The third kappa shape index (κ3) is 2.04. The van der Waals surface area contributed by atoms with Gasteiger partial charge in [-0.2, -0.15) is 5.10 Å². The molecule has 6 nitrogen and oxygen atoms in total. The molecule has 0 spiro atoms. The first-order valence-corrected chi connectivity index (χ1v) is 6.18. The number of rotatable bonds is 3. The van der Waals surface area contributed by atoms with Gasteiger partial charge in [0.2, 0.25) is 0 Å². The van der Waals surface area contributed by atoms with Gasteiger partial charge in [-0.25, -0.2) is 9.50 Å². The molecule has 6 heteroatoms. The minimum Gasteiger partial charge on any atom is -0.378 e. The van der Waals surface area contributed by atoms with Crippen molar-refractivity contribution in [2.75, 3.05) is 38.3 Å². The van der Waals surface area contributed by atoms with Crippen LogP contribution in [-0.2, 0) is 11.3 Å². The van der Waals surface area contributed by atoms with Crippen LogP contribution in [0.15, 0.2) is 18.6 Å². The average molecular weight is 247 g/mol. The van der Waals surface area contributed by atoms with E-state index >= 15 is 0 Å². The highest BCUT2D eigenvalue weighted by atomic mass is 16.5. The van der Waals surface area contributed by atoms with Crippen LogP contribution in [0.4, 0.5) is 5.82 Å². The average Bonchev–Trinajstić information content (AvgIpc) is 2.82. The van der Waals surface area contributed by atoms with Crippen LogP contribution in [0, 0.1) is 0 Å². The van der Waals surface area contributed by atoms with Crippen LogP contribution in [0.25, 0.3) is 5.52 Å². The highest BCUT2D eigenvalue weighted by molar-refractivity contribution is 5.69. The molecule has 1 aliphatic heterocycles. The smallest absolute Gasteiger partial charge is 0.156 e. The Kier molecular flexibility index (Phi) is 3.12. The molecule has 0 amide bonds. The number of aromatic nitrogens is 3. The molecule has 0 unspecified atom stereocenters. The maximum Gasteiger partial charge on any atom is 0.156 e. The zero-order chi connectivity index (χ0) is 12.4. The molecule has 2 aromatic rings. The second kappa shape index (κ2) is 4.91. The Balaban J connectivity index is 1.99. The van der Waals surface area contributed by atoms with Crippen LogP contribution in [0.3, 0.4) is 0 Å². The summed E-state index contributed by atoms with van der Waals surface area (Å²) in [6.45, 7) is 4.14.